The average Bonchev–Trinajstić information content (AvgIpc) is 2.82. The number of halogens is 1. The highest BCUT2D eigenvalue weighted by Gasteiger charge is 2.06. The molecular weight excluding hydrogens is 274 g/mol. The highest BCUT2D eigenvalue weighted by molar-refractivity contribution is 7.12. The van der Waals surface area contributed by atoms with E-state index in [2.05, 4.69) is 16.0 Å². The number of carbonyl (C=O) groups excluding carboxylic acids is 2. The molecule has 0 aromatic carbocycles. The van der Waals surface area contributed by atoms with Gasteiger partial charge in [-0.1, -0.05) is 6.07 Å². The summed E-state index contributed by atoms with van der Waals surface area (Å²) in [6, 6.07) is 3.58. The fourth-order valence-corrected chi connectivity index (χ4v) is 1.84. The van der Waals surface area contributed by atoms with Crippen LogP contribution in [-0.2, 0) is 4.79 Å². The lowest BCUT2D eigenvalue weighted by Crippen LogP contribution is -2.33. The number of hydrogen-bond donors (Lipinski definition) is 3. The number of rotatable bonds is 7. The van der Waals surface area contributed by atoms with Crippen molar-refractivity contribution in [3.05, 3.63) is 22.4 Å². The van der Waals surface area contributed by atoms with Crippen LogP contribution in [0.2, 0.25) is 0 Å². The van der Waals surface area contributed by atoms with E-state index in [0.717, 1.165) is 6.54 Å². The Hall–Kier alpha value is -1.11. The molecule has 0 aliphatic heterocycles. The average molecular weight is 292 g/mol. The summed E-state index contributed by atoms with van der Waals surface area (Å²) in [6.07, 6.45) is 0.306. The van der Waals surface area contributed by atoms with Crippen LogP contribution in [0.15, 0.2) is 17.5 Å². The van der Waals surface area contributed by atoms with E-state index in [9.17, 15) is 9.59 Å². The molecule has 0 bridgehead atoms. The molecular formula is C11H18ClN3O2S. The van der Waals surface area contributed by atoms with Crippen LogP contribution in [0.1, 0.15) is 16.1 Å². The molecule has 7 heteroatoms. The maximum Gasteiger partial charge on any atom is 0.261 e. The Bertz CT molecular complexity index is 357. The molecule has 0 aliphatic rings. The van der Waals surface area contributed by atoms with Gasteiger partial charge in [-0.3, -0.25) is 9.59 Å². The first-order chi connectivity index (χ1) is 8.24. The lowest BCUT2D eigenvalue weighted by Gasteiger charge is -2.05. The maximum absolute atomic E-state index is 11.5. The van der Waals surface area contributed by atoms with E-state index >= 15 is 0 Å². The molecule has 3 N–H and O–H groups in total. The normalized spacial score (nSPS) is 9.39. The van der Waals surface area contributed by atoms with Crippen LogP contribution in [0, 0.1) is 0 Å². The van der Waals surface area contributed by atoms with Gasteiger partial charge in [0.05, 0.1) is 4.88 Å². The number of hydrogen-bond acceptors (Lipinski definition) is 4. The molecule has 0 radical (unpaired) electrons. The maximum atomic E-state index is 11.5. The number of amides is 2. The van der Waals surface area contributed by atoms with E-state index in [0.29, 0.717) is 24.4 Å². The van der Waals surface area contributed by atoms with Crippen molar-refractivity contribution in [2.24, 2.45) is 0 Å². The fourth-order valence-electron chi connectivity index (χ4n) is 1.20. The summed E-state index contributed by atoms with van der Waals surface area (Å²) in [5.41, 5.74) is 0. The number of nitrogens with one attached hydrogen (secondary N) is 3. The van der Waals surface area contributed by atoms with Crippen molar-refractivity contribution in [2.45, 2.75) is 6.42 Å². The van der Waals surface area contributed by atoms with Crippen LogP contribution in [0.3, 0.4) is 0 Å². The second kappa shape index (κ2) is 9.87. The summed E-state index contributed by atoms with van der Waals surface area (Å²) >= 11 is 1.39. The minimum Gasteiger partial charge on any atom is -0.355 e. The van der Waals surface area contributed by atoms with Gasteiger partial charge in [-0.05, 0) is 18.5 Å². The van der Waals surface area contributed by atoms with Gasteiger partial charge in [0.15, 0.2) is 0 Å². The molecule has 1 heterocycles. The Labute approximate surface area is 117 Å². The van der Waals surface area contributed by atoms with Crippen molar-refractivity contribution in [3.63, 3.8) is 0 Å². The Balaban J connectivity index is 0.00000289. The summed E-state index contributed by atoms with van der Waals surface area (Å²) in [5.74, 6) is -0.172. The lowest BCUT2D eigenvalue weighted by atomic mass is 10.3. The van der Waals surface area contributed by atoms with Crippen LogP contribution < -0.4 is 16.0 Å². The monoisotopic (exact) mass is 291 g/mol. The Morgan fingerprint density at radius 3 is 2.61 bits per heavy atom. The lowest BCUT2D eigenvalue weighted by molar-refractivity contribution is -0.120. The molecule has 2 amide bonds. The topological polar surface area (TPSA) is 70.2 Å². The predicted molar refractivity (Wildman–Crippen MR) is 75.5 cm³/mol. The third-order valence-electron chi connectivity index (χ3n) is 2.08. The van der Waals surface area contributed by atoms with E-state index in [1.54, 1.807) is 6.07 Å². The van der Waals surface area contributed by atoms with Crippen LogP contribution in [0.4, 0.5) is 0 Å². The number of carbonyl (C=O) groups is 2. The van der Waals surface area contributed by atoms with Crippen LogP contribution >= 0.6 is 23.7 Å². The standard InChI is InChI=1S/C11H17N3O2S.ClH/c1-12-6-7-13-10(15)4-5-14-11(16)9-3-2-8-17-9;/h2-3,8,12H,4-7H2,1H3,(H,13,15)(H,14,16);1H. The molecule has 5 nitrogen and oxygen atoms in total. The van der Waals surface area contributed by atoms with Gasteiger partial charge in [0.1, 0.15) is 0 Å². The van der Waals surface area contributed by atoms with Gasteiger partial charge in [-0.2, -0.15) is 0 Å². The van der Waals surface area contributed by atoms with Gasteiger partial charge in [0.25, 0.3) is 5.91 Å². The molecule has 1 aromatic rings. The quantitative estimate of drug-likeness (QED) is 0.645. The summed E-state index contributed by atoms with van der Waals surface area (Å²) in [6.45, 7) is 1.71. The summed E-state index contributed by atoms with van der Waals surface area (Å²) in [7, 11) is 1.83. The van der Waals surface area contributed by atoms with Crippen molar-refractivity contribution in [1.29, 1.82) is 0 Å². The van der Waals surface area contributed by atoms with E-state index < -0.39 is 0 Å². The zero-order valence-electron chi connectivity index (χ0n) is 10.2. The molecule has 1 aromatic heterocycles. The third-order valence-corrected chi connectivity index (χ3v) is 2.95. The Kier molecular flexibility index (Phi) is 9.26. The van der Waals surface area contributed by atoms with Crippen molar-refractivity contribution in [1.82, 2.24) is 16.0 Å². The highest BCUT2D eigenvalue weighted by Crippen LogP contribution is 2.07. The van der Waals surface area contributed by atoms with E-state index in [1.807, 2.05) is 18.5 Å². The molecule has 0 spiro atoms. The molecule has 1 rings (SSSR count). The molecule has 0 fully saturated rings. The smallest absolute Gasteiger partial charge is 0.261 e. The van der Waals surface area contributed by atoms with Crippen LogP contribution in [0.25, 0.3) is 0 Å². The summed E-state index contributed by atoms with van der Waals surface area (Å²) in [5, 5.41) is 10.2. The molecule has 18 heavy (non-hydrogen) atoms. The van der Waals surface area contributed by atoms with Gasteiger partial charge in [0.2, 0.25) is 5.91 Å². The SMILES string of the molecule is CNCCNC(=O)CCNC(=O)c1cccs1.Cl. The largest absolute Gasteiger partial charge is 0.355 e. The highest BCUT2D eigenvalue weighted by atomic mass is 35.5. The second-order valence-electron chi connectivity index (χ2n) is 3.44. The predicted octanol–water partition coefficient (Wildman–Crippen LogP) is 0.625. The summed E-state index contributed by atoms with van der Waals surface area (Å²) in [4.78, 5) is 23.5. The number of thiophene rings is 1. The van der Waals surface area contributed by atoms with Gasteiger partial charge < -0.3 is 16.0 Å². The molecule has 0 unspecified atom stereocenters. The van der Waals surface area contributed by atoms with E-state index in [4.69, 9.17) is 0 Å². The van der Waals surface area contributed by atoms with Crippen molar-refractivity contribution in [3.8, 4) is 0 Å². The molecule has 0 atom stereocenters. The Morgan fingerprint density at radius 2 is 2.00 bits per heavy atom. The third kappa shape index (κ3) is 6.58. The first-order valence-corrected chi connectivity index (χ1v) is 6.35. The van der Waals surface area contributed by atoms with Gasteiger partial charge in [-0.15, -0.1) is 23.7 Å². The Morgan fingerprint density at radius 1 is 1.22 bits per heavy atom. The van der Waals surface area contributed by atoms with Gasteiger partial charge in [-0.25, -0.2) is 0 Å². The zero-order valence-corrected chi connectivity index (χ0v) is 11.8. The minimum atomic E-state index is -0.122. The van der Waals surface area contributed by atoms with Crippen LogP contribution in [-0.4, -0.2) is 38.5 Å². The molecule has 0 saturated heterocycles. The zero-order chi connectivity index (χ0) is 12.5. The minimum absolute atomic E-state index is 0. The van der Waals surface area contributed by atoms with Crippen LogP contribution in [0.5, 0.6) is 0 Å². The van der Waals surface area contributed by atoms with Gasteiger partial charge in [0, 0.05) is 26.1 Å². The second-order valence-corrected chi connectivity index (χ2v) is 4.38. The fraction of sp³-hybridized carbons (Fsp3) is 0.455. The molecule has 102 valence electrons. The van der Waals surface area contributed by atoms with Crippen molar-refractivity contribution in [2.75, 3.05) is 26.7 Å². The van der Waals surface area contributed by atoms with Gasteiger partial charge >= 0.3 is 0 Å². The summed E-state index contributed by atoms with van der Waals surface area (Å²) < 4.78 is 0. The first kappa shape index (κ1) is 16.9. The van der Waals surface area contributed by atoms with Crippen molar-refractivity contribution < 1.29 is 9.59 Å². The first-order valence-electron chi connectivity index (χ1n) is 5.47. The number of likely N-dealkylation sites (N-methyl/N-ethyl adjacent to an activating group) is 1. The van der Waals surface area contributed by atoms with E-state index in [-0.39, 0.29) is 24.2 Å². The molecule has 0 aliphatic carbocycles. The molecule has 0 saturated carbocycles. The van der Waals surface area contributed by atoms with E-state index in [1.165, 1.54) is 11.3 Å². The van der Waals surface area contributed by atoms with Crippen molar-refractivity contribution >= 4 is 35.6 Å².